The molecule has 1 heterocycles. The summed E-state index contributed by atoms with van der Waals surface area (Å²) in [5, 5.41) is 9.61. The molecule has 4 rings (SSSR count). The van der Waals surface area contributed by atoms with Crippen LogP contribution in [-0.4, -0.2) is 11.1 Å². The summed E-state index contributed by atoms with van der Waals surface area (Å²) in [6, 6.07) is 18.5. The van der Waals surface area contributed by atoms with Crippen molar-refractivity contribution in [2.45, 2.75) is 18.9 Å². The normalized spacial score (nSPS) is 15.7. The van der Waals surface area contributed by atoms with Crippen molar-refractivity contribution in [2.24, 2.45) is 0 Å². The number of carbonyl (C=O) groups excluding carboxylic acids is 1. The number of carbonyl (C=O) groups is 1. The van der Waals surface area contributed by atoms with Crippen LogP contribution in [0, 0.1) is 5.82 Å². The first-order valence-corrected chi connectivity index (χ1v) is 8.59. The van der Waals surface area contributed by atoms with Crippen LogP contribution in [0.3, 0.4) is 0 Å². The lowest BCUT2D eigenvalue weighted by molar-refractivity contribution is -0.135. The fourth-order valence-electron chi connectivity index (χ4n) is 3.18. The molecule has 0 saturated heterocycles. The van der Waals surface area contributed by atoms with Crippen molar-refractivity contribution in [3.8, 4) is 17.2 Å². The monoisotopic (exact) mass is 364 g/mol. The average molecular weight is 364 g/mol. The Balaban J connectivity index is 1.51. The van der Waals surface area contributed by atoms with E-state index >= 15 is 0 Å². The standard InChI is InChI=1S/C22H17FO4/c23-16-5-1-14(2-6-16)13-26-18-8-3-15(4-9-18)20-12-22(25)27-21-11-17(24)7-10-19(20)21/h1-11,20,24H,12-13H2. The van der Waals surface area contributed by atoms with E-state index in [-0.39, 0.29) is 29.9 Å². The molecule has 0 bridgehead atoms. The Hall–Kier alpha value is -3.34. The number of aromatic hydroxyl groups is 1. The second kappa shape index (κ2) is 7.11. The second-order valence-corrected chi connectivity index (χ2v) is 6.44. The van der Waals surface area contributed by atoms with Gasteiger partial charge >= 0.3 is 5.97 Å². The molecule has 0 spiro atoms. The molecule has 0 aliphatic carbocycles. The average Bonchev–Trinajstić information content (AvgIpc) is 2.67. The Kier molecular flexibility index (Phi) is 4.50. The highest BCUT2D eigenvalue weighted by molar-refractivity contribution is 5.78. The van der Waals surface area contributed by atoms with Gasteiger partial charge in [0.15, 0.2) is 0 Å². The lowest BCUT2D eigenvalue weighted by atomic mass is 9.86. The fraction of sp³-hybridized carbons (Fsp3) is 0.136. The highest BCUT2D eigenvalue weighted by atomic mass is 19.1. The number of fused-ring (bicyclic) bond motifs is 1. The number of phenols is 1. The van der Waals surface area contributed by atoms with Crippen molar-refractivity contribution in [3.63, 3.8) is 0 Å². The van der Waals surface area contributed by atoms with Gasteiger partial charge in [0.1, 0.15) is 29.7 Å². The van der Waals surface area contributed by atoms with E-state index in [1.54, 1.807) is 24.3 Å². The van der Waals surface area contributed by atoms with E-state index in [9.17, 15) is 14.3 Å². The van der Waals surface area contributed by atoms with Crippen LogP contribution in [0.1, 0.15) is 29.0 Å². The number of ether oxygens (including phenoxy) is 2. The SMILES string of the molecule is O=C1CC(c2ccc(OCc3ccc(F)cc3)cc2)c2ccc(O)cc2O1. The topological polar surface area (TPSA) is 55.8 Å². The van der Waals surface area contributed by atoms with Gasteiger partial charge in [-0.15, -0.1) is 0 Å². The Bertz CT molecular complexity index is 965. The van der Waals surface area contributed by atoms with Gasteiger partial charge in [-0.1, -0.05) is 30.3 Å². The summed E-state index contributed by atoms with van der Waals surface area (Å²) in [6.07, 6.45) is 0.244. The summed E-state index contributed by atoms with van der Waals surface area (Å²) in [6.45, 7) is 0.345. The Labute approximate surface area is 155 Å². The predicted octanol–water partition coefficient (Wildman–Crippen LogP) is 4.55. The molecule has 0 amide bonds. The number of benzene rings is 3. The van der Waals surface area contributed by atoms with E-state index in [0.29, 0.717) is 18.1 Å². The highest BCUT2D eigenvalue weighted by Gasteiger charge is 2.28. The summed E-state index contributed by atoms with van der Waals surface area (Å²) >= 11 is 0. The number of hydrogen-bond acceptors (Lipinski definition) is 4. The van der Waals surface area contributed by atoms with Crippen LogP contribution in [-0.2, 0) is 11.4 Å². The molecule has 1 N–H and O–H groups in total. The summed E-state index contributed by atoms with van der Waals surface area (Å²) in [5.74, 6) is 0.414. The maximum Gasteiger partial charge on any atom is 0.312 e. The molecular formula is C22H17FO4. The maximum absolute atomic E-state index is 12.9. The second-order valence-electron chi connectivity index (χ2n) is 6.44. The van der Waals surface area contributed by atoms with Gasteiger partial charge in [-0.05, 0) is 41.5 Å². The smallest absolute Gasteiger partial charge is 0.312 e. The summed E-state index contributed by atoms with van der Waals surface area (Å²) in [7, 11) is 0. The first-order valence-electron chi connectivity index (χ1n) is 8.59. The molecule has 3 aromatic carbocycles. The van der Waals surface area contributed by atoms with E-state index in [4.69, 9.17) is 9.47 Å². The number of rotatable bonds is 4. The molecule has 0 saturated carbocycles. The molecule has 5 heteroatoms. The van der Waals surface area contributed by atoms with Crippen LogP contribution >= 0.6 is 0 Å². The predicted molar refractivity (Wildman–Crippen MR) is 97.4 cm³/mol. The number of esters is 1. The van der Waals surface area contributed by atoms with Crippen LogP contribution in [0.4, 0.5) is 4.39 Å². The van der Waals surface area contributed by atoms with Crippen LogP contribution in [0.5, 0.6) is 17.2 Å². The molecule has 0 radical (unpaired) electrons. The van der Waals surface area contributed by atoms with Gasteiger partial charge in [-0.3, -0.25) is 4.79 Å². The Morgan fingerprint density at radius 1 is 1.04 bits per heavy atom. The molecule has 4 nitrogen and oxygen atoms in total. The minimum absolute atomic E-state index is 0.0618. The molecule has 1 atom stereocenters. The minimum atomic E-state index is -0.324. The van der Waals surface area contributed by atoms with E-state index in [1.807, 2.05) is 24.3 Å². The number of halogens is 1. The van der Waals surface area contributed by atoms with Gasteiger partial charge in [-0.25, -0.2) is 4.39 Å². The largest absolute Gasteiger partial charge is 0.508 e. The molecule has 27 heavy (non-hydrogen) atoms. The first-order chi connectivity index (χ1) is 13.1. The number of phenolic OH excluding ortho intramolecular Hbond substituents is 1. The molecule has 1 unspecified atom stereocenters. The van der Waals surface area contributed by atoms with Crippen molar-refractivity contribution in [1.29, 1.82) is 0 Å². The summed E-state index contributed by atoms with van der Waals surface area (Å²) in [5.41, 5.74) is 2.71. The zero-order valence-electron chi connectivity index (χ0n) is 14.4. The molecule has 0 aromatic heterocycles. The molecule has 1 aliphatic rings. The molecule has 136 valence electrons. The third-order valence-corrected chi connectivity index (χ3v) is 4.57. The molecule has 0 fully saturated rings. The van der Waals surface area contributed by atoms with Crippen molar-refractivity contribution >= 4 is 5.97 Å². The first kappa shape index (κ1) is 17.1. The van der Waals surface area contributed by atoms with Crippen LogP contribution < -0.4 is 9.47 Å². The van der Waals surface area contributed by atoms with E-state index < -0.39 is 0 Å². The quantitative estimate of drug-likeness (QED) is 0.545. The maximum atomic E-state index is 12.9. The summed E-state index contributed by atoms with van der Waals surface area (Å²) in [4.78, 5) is 11.9. The number of hydrogen-bond donors (Lipinski definition) is 1. The van der Waals surface area contributed by atoms with Crippen LogP contribution in [0.2, 0.25) is 0 Å². The van der Waals surface area contributed by atoms with Crippen molar-refractivity contribution in [1.82, 2.24) is 0 Å². The van der Waals surface area contributed by atoms with Crippen LogP contribution in [0.25, 0.3) is 0 Å². The van der Waals surface area contributed by atoms with Gasteiger partial charge < -0.3 is 14.6 Å². The van der Waals surface area contributed by atoms with E-state index in [1.165, 1.54) is 18.2 Å². The third-order valence-electron chi connectivity index (χ3n) is 4.57. The lowest BCUT2D eigenvalue weighted by Crippen LogP contribution is -2.20. The van der Waals surface area contributed by atoms with Gasteiger partial charge in [0.2, 0.25) is 0 Å². The minimum Gasteiger partial charge on any atom is -0.508 e. The molecule has 1 aliphatic heterocycles. The summed E-state index contributed by atoms with van der Waals surface area (Å²) < 4.78 is 23.9. The van der Waals surface area contributed by atoms with Gasteiger partial charge in [0, 0.05) is 17.5 Å². The fourth-order valence-corrected chi connectivity index (χ4v) is 3.18. The highest BCUT2D eigenvalue weighted by Crippen LogP contribution is 2.40. The van der Waals surface area contributed by atoms with Crippen molar-refractivity contribution < 1.29 is 23.8 Å². The Morgan fingerprint density at radius 3 is 2.52 bits per heavy atom. The molecule has 3 aromatic rings. The zero-order chi connectivity index (χ0) is 18.8. The van der Waals surface area contributed by atoms with Gasteiger partial charge in [0.05, 0.1) is 6.42 Å². The van der Waals surface area contributed by atoms with Crippen LogP contribution in [0.15, 0.2) is 66.7 Å². The Morgan fingerprint density at radius 2 is 1.78 bits per heavy atom. The van der Waals surface area contributed by atoms with Gasteiger partial charge in [-0.2, -0.15) is 0 Å². The zero-order valence-corrected chi connectivity index (χ0v) is 14.4. The van der Waals surface area contributed by atoms with E-state index in [0.717, 1.165) is 16.7 Å². The third kappa shape index (κ3) is 3.77. The van der Waals surface area contributed by atoms with E-state index in [2.05, 4.69) is 0 Å². The molecular weight excluding hydrogens is 347 g/mol. The lowest BCUT2D eigenvalue weighted by Gasteiger charge is -2.25. The van der Waals surface area contributed by atoms with Gasteiger partial charge in [0.25, 0.3) is 0 Å². The van der Waals surface area contributed by atoms with Crippen molar-refractivity contribution in [2.75, 3.05) is 0 Å². The van der Waals surface area contributed by atoms with Crippen molar-refractivity contribution in [3.05, 3.63) is 89.2 Å².